The molecule has 5 nitrogen and oxygen atoms in total. The summed E-state index contributed by atoms with van der Waals surface area (Å²) in [6, 6.07) is 2.52. The van der Waals surface area contributed by atoms with Crippen LogP contribution < -0.4 is 5.32 Å². The Labute approximate surface area is 135 Å². The van der Waals surface area contributed by atoms with E-state index in [1.54, 1.807) is 11.9 Å². The van der Waals surface area contributed by atoms with E-state index in [1.165, 1.54) is 10.4 Å². The van der Waals surface area contributed by atoms with Crippen molar-refractivity contribution in [3.63, 3.8) is 0 Å². The average Bonchev–Trinajstić information content (AvgIpc) is 3.10. The van der Waals surface area contributed by atoms with Gasteiger partial charge in [0.15, 0.2) is 0 Å². The lowest BCUT2D eigenvalue weighted by Gasteiger charge is -2.32. The first kappa shape index (κ1) is 15.5. The van der Waals surface area contributed by atoms with Crippen LogP contribution in [0.5, 0.6) is 0 Å². The van der Waals surface area contributed by atoms with Crippen LogP contribution in [0.2, 0.25) is 0 Å². The van der Waals surface area contributed by atoms with Crippen molar-refractivity contribution in [3.05, 3.63) is 21.9 Å². The predicted molar refractivity (Wildman–Crippen MR) is 86.6 cm³/mol. The Balaban J connectivity index is 1.48. The molecule has 0 aromatic carbocycles. The summed E-state index contributed by atoms with van der Waals surface area (Å²) in [5.41, 5.74) is 1.43. The molecule has 1 saturated heterocycles. The number of likely N-dealkylation sites (tertiary alicyclic amines) is 1. The van der Waals surface area contributed by atoms with E-state index in [4.69, 9.17) is 0 Å². The zero-order chi connectivity index (χ0) is 15.7. The number of rotatable bonds is 4. The first-order valence-corrected chi connectivity index (χ1v) is 8.73. The second kappa shape index (κ2) is 6.38. The molecule has 0 aliphatic carbocycles. The van der Waals surface area contributed by atoms with Gasteiger partial charge in [-0.2, -0.15) is 0 Å². The molecule has 2 atom stereocenters. The smallest absolute Gasteiger partial charge is 0.225 e. The van der Waals surface area contributed by atoms with Crippen molar-refractivity contribution in [1.29, 1.82) is 0 Å². The minimum Gasteiger partial charge on any atom is -0.354 e. The topological polar surface area (TPSA) is 52.7 Å². The van der Waals surface area contributed by atoms with Gasteiger partial charge in [-0.25, -0.2) is 0 Å². The molecule has 0 radical (unpaired) electrons. The highest BCUT2D eigenvalue weighted by molar-refractivity contribution is 7.10. The lowest BCUT2D eigenvalue weighted by Crippen LogP contribution is -2.45. The van der Waals surface area contributed by atoms with Crippen molar-refractivity contribution in [3.8, 4) is 0 Å². The van der Waals surface area contributed by atoms with Gasteiger partial charge in [0, 0.05) is 50.6 Å². The summed E-state index contributed by atoms with van der Waals surface area (Å²) in [7, 11) is 1.75. The maximum Gasteiger partial charge on any atom is 0.225 e. The quantitative estimate of drug-likeness (QED) is 0.903. The number of hydrogen-bond donors (Lipinski definition) is 1. The highest BCUT2D eigenvalue weighted by atomic mass is 32.1. The van der Waals surface area contributed by atoms with Crippen LogP contribution in [0.1, 0.15) is 23.8 Å². The molecule has 0 unspecified atom stereocenters. The highest BCUT2D eigenvalue weighted by Crippen LogP contribution is 2.25. The number of amides is 2. The van der Waals surface area contributed by atoms with Crippen molar-refractivity contribution in [1.82, 2.24) is 15.1 Å². The molecule has 2 aliphatic heterocycles. The van der Waals surface area contributed by atoms with Gasteiger partial charge in [0.1, 0.15) is 0 Å². The molecule has 2 aliphatic rings. The molecule has 1 fully saturated rings. The summed E-state index contributed by atoms with van der Waals surface area (Å²) in [6.45, 7) is 5.37. The van der Waals surface area contributed by atoms with Gasteiger partial charge in [0.05, 0.1) is 5.92 Å². The lowest BCUT2D eigenvalue weighted by molar-refractivity contribution is -0.128. The molecule has 0 bridgehead atoms. The zero-order valence-electron chi connectivity index (χ0n) is 13.2. The SMILES string of the molecule is C[C@@H](CNC(=O)[C@H]1CC(=O)N(C)C1)N1CCc2sccc2C1. The Morgan fingerprint density at radius 2 is 2.36 bits per heavy atom. The second-order valence-corrected chi connectivity index (χ2v) is 7.36. The van der Waals surface area contributed by atoms with E-state index in [1.807, 2.05) is 11.3 Å². The second-order valence-electron chi connectivity index (χ2n) is 6.36. The summed E-state index contributed by atoms with van der Waals surface area (Å²) in [4.78, 5) is 29.2. The Bertz CT molecular complexity index is 571. The van der Waals surface area contributed by atoms with Crippen LogP contribution in [0.3, 0.4) is 0 Å². The monoisotopic (exact) mass is 321 g/mol. The van der Waals surface area contributed by atoms with E-state index in [2.05, 4.69) is 28.6 Å². The van der Waals surface area contributed by atoms with Crippen LogP contribution in [0.25, 0.3) is 0 Å². The molecule has 0 saturated carbocycles. The molecular formula is C16H23N3O2S. The normalized spacial score (nSPS) is 23.5. The number of nitrogens with zero attached hydrogens (tertiary/aromatic N) is 2. The van der Waals surface area contributed by atoms with Crippen molar-refractivity contribution >= 4 is 23.2 Å². The number of thiophene rings is 1. The van der Waals surface area contributed by atoms with Crippen molar-refractivity contribution in [2.24, 2.45) is 5.92 Å². The average molecular weight is 321 g/mol. The first-order chi connectivity index (χ1) is 10.5. The van der Waals surface area contributed by atoms with E-state index in [0.717, 1.165) is 19.5 Å². The molecule has 3 heterocycles. The molecule has 22 heavy (non-hydrogen) atoms. The maximum atomic E-state index is 12.2. The summed E-state index contributed by atoms with van der Waals surface area (Å²) in [5, 5.41) is 5.18. The van der Waals surface area contributed by atoms with E-state index in [0.29, 0.717) is 25.6 Å². The fraction of sp³-hybridized carbons (Fsp3) is 0.625. The van der Waals surface area contributed by atoms with Crippen LogP contribution in [0.15, 0.2) is 11.4 Å². The molecule has 1 N–H and O–H groups in total. The standard InChI is InChI=1S/C16H23N3O2S/c1-11(19-5-3-14-12(10-19)4-6-22-14)8-17-16(21)13-7-15(20)18(2)9-13/h4,6,11,13H,3,5,7-10H2,1-2H3,(H,17,21)/t11-,13-/m0/s1. The van der Waals surface area contributed by atoms with Crippen molar-refractivity contribution in [2.75, 3.05) is 26.7 Å². The number of hydrogen-bond acceptors (Lipinski definition) is 4. The van der Waals surface area contributed by atoms with Crippen LogP contribution in [0, 0.1) is 5.92 Å². The molecule has 6 heteroatoms. The minimum atomic E-state index is -0.186. The maximum absolute atomic E-state index is 12.2. The molecule has 2 amide bonds. The predicted octanol–water partition coefficient (Wildman–Crippen LogP) is 1.09. The van der Waals surface area contributed by atoms with E-state index < -0.39 is 0 Å². The fourth-order valence-electron chi connectivity index (χ4n) is 3.21. The van der Waals surface area contributed by atoms with Gasteiger partial charge in [-0.15, -0.1) is 11.3 Å². The third-order valence-corrected chi connectivity index (χ3v) is 5.77. The Morgan fingerprint density at radius 1 is 1.55 bits per heavy atom. The van der Waals surface area contributed by atoms with Crippen molar-refractivity contribution < 1.29 is 9.59 Å². The Morgan fingerprint density at radius 3 is 3.09 bits per heavy atom. The van der Waals surface area contributed by atoms with Crippen molar-refractivity contribution in [2.45, 2.75) is 32.4 Å². The Kier molecular flexibility index (Phi) is 4.49. The number of carbonyl (C=O) groups excluding carboxylic acids is 2. The van der Waals surface area contributed by atoms with E-state index in [-0.39, 0.29) is 17.7 Å². The molecular weight excluding hydrogens is 298 g/mol. The fourth-order valence-corrected chi connectivity index (χ4v) is 4.10. The molecule has 3 rings (SSSR count). The third kappa shape index (κ3) is 3.17. The van der Waals surface area contributed by atoms with Gasteiger partial charge >= 0.3 is 0 Å². The highest BCUT2D eigenvalue weighted by Gasteiger charge is 2.32. The van der Waals surface area contributed by atoms with Gasteiger partial charge in [-0.05, 0) is 30.4 Å². The summed E-state index contributed by atoms with van der Waals surface area (Å²) < 4.78 is 0. The molecule has 1 aromatic heterocycles. The zero-order valence-corrected chi connectivity index (χ0v) is 14.0. The largest absolute Gasteiger partial charge is 0.354 e. The summed E-state index contributed by atoms with van der Waals surface area (Å²) in [6.07, 6.45) is 1.45. The van der Waals surface area contributed by atoms with Crippen LogP contribution in [-0.4, -0.2) is 54.3 Å². The molecule has 1 aromatic rings. The van der Waals surface area contributed by atoms with Crippen LogP contribution >= 0.6 is 11.3 Å². The minimum absolute atomic E-state index is 0.0118. The Hall–Kier alpha value is -1.40. The van der Waals surface area contributed by atoms with Crippen LogP contribution in [0.4, 0.5) is 0 Å². The van der Waals surface area contributed by atoms with Gasteiger partial charge in [-0.3, -0.25) is 14.5 Å². The van der Waals surface area contributed by atoms with Gasteiger partial charge in [-0.1, -0.05) is 0 Å². The number of nitrogens with one attached hydrogen (secondary N) is 1. The van der Waals surface area contributed by atoms with E-state index >= 15 is 0 Å². The molecule has 120 valence electrons. The van der Waals surface area contributed by atoms with Crippen LogP contribution in [-0.2, 0) is 22.6 Å². The van der Waals surface area contributed by atoms with Gasteiger partial charge in [0.2, 0.25) is 11.8 Å². The lowest BCUT2D eigenvalue weighted by atomic mass is 10.1. The first-order valence-electron chi connectivity index (χ1n) is 7.85. The number of fused-ring (bicyclic) bond motifs is 1. The van der Waals surface area contributed by atoms with Gasteiger partial charge < -0.3 is 10.2 Å². The summed E-state index contributed by atoms with van der Waals surface area (Å²) in [5.74, 6) is -0.110. The third-order valence-electron chi connectivity index (χ3n) is 4.74. The van der Waals surface area contributed by atoms with Gasteiger partial charge in [0.25, 0.3) is 0 Å². The van der Waals surface area contributed by atoms with E-state index in [9.17, 15) is 9.59 Å². The number of carbonyl (C=O) groups is 2. The summed E-state index contributed by atoms with van der Waals surface area (Å²) >= 11 is 1.84. The molecule has 0 spiro atoms.